The lowest BCUT2D eigenvalue weighted by Gasteiger charge is -2.30. The van der Waals surface area contributed by atoms with E-state index in [0.717, 1.165) is 49.2 Å². The van der Waals surface area contributed by atoms with Gasteiger partial charge in [-0.15, -0.1) is 0 Å². The van der Waals surface area contributed by atoms with Gasteiger partial charge in [0.15, 0.2) is 11.5 Å². The third-order valence-corrected chi connectivity index (χ3v) is 5.27. The summed E-state index contributed by atoms with van der Waals surface area (Å²) in [4.78, 5) is 0. The zero-order valence-electron chi connectivity index (χ0n) is 14.1. The molecule has 1 atom stereocenters. The van der Waals surface area contributed by atoms with Crippen molar-refractivity contribution in [3.8, 4) is 17.6 Å². The normalized spacial score (nSPS) is 24.8. The van der Waals surface area contributed by atoms with Gasteiger partial charge in [-0.1, -0.05) is 17.7 Å². The number of nitriles is 1. The van der Waals surface area contributed by atoms with Gasteiger partial charge in [-0.05, 0) is 69.6 Å². The van der Waals surface area contributed by atoms with Gasteiger partial charge >= 0.3 is 0 Å². The van der Waals surface area contributed by atoms with Gasteiger partial charge in [0.05, 0.1) is 24.7 Å². The van der Waals surface area contributed by atoms with Crippen LogP contribution in [0.3, 0.4) is 0 Å². The minimum Gasteiger partial charge on any atom is -0.493 e. The fourth-order valence-electron chi connectivity index (χ4n) is 3.64. The van der Waals surface area contributed by atoms with E-state index in [1.165, 1.54) is 18.4 Å². The van der Waals surface area contributed by atoms with Crippen molar-refractivity contribution in [2.75, 3.05) is 7.11 Å². The maximum atomic E-state index is 9.83. The van der Waals surface area contributed by atoms with E-state index in [1.54, 1.807) is 7.11 Å². The van der Waals surface area contributed by atoms with Crippen molar-refractivity contribution in [1.29, 1.82) is 5.26 Å². The van der Waals surface area contributed by atoms with E-state index in [4.69, 9.17) is 9.47 Å². The molecule has 3 rings (SSSR count). The fourth-order valence-corrected chi connectivity index (χ4v) is 3.64. The van der Waals surface area contributed by atoms with Crippen molar-refractivity contribution in [2.24, 2.45) is 0 Å². The Kier molecular flexibility index (Phi) is 4.61. The number of ether oxygens (including phenoxy) is 2. The monoisotopic (exact) mass is 311 g/mol. The Balaban J connectivity index is 1.91. The van der Waals surface area contributed by atoms with Crippen LogP contribution in [-0.4, -0.2) is 13.2 Å². The highest BCUT2D eigenvalue weighted by atomic mass is 16.5. The Morgan fingerprint density at radius 2 is 2.00 bits per heavy atom. The average Bonchev–Trinajstić information content (AvgIpc) is 3.09. The van der Waals surface area contributed by atoms with E-state index >= 15 is 0 Å². The van der Waals surface area contributed by atoms with Crippen molar-refractivity contribution >= 4 is 0 Å². The smallest absolute Gasteiger partial charge is 0.161 e. The molecule has 23 heavy (non-hydrogen) atoms. The van der Waals surface area contributed by atoms with Crippen LogP contribution in [0.25, 0.3) is 0 Å². The lowest BCUT2D eigenvalue weighted by atomic mass is 9.71. The molecule has 0 aliphatic heterocycles. The van der Waals surface area contributed by atoms with Crippen LogP contribution in [-0.2, 0) is 5.41 Å². The third-order valence-electron chi connectivity index (χ3n) is 5.27. The Bertz CT molecular complexity index is 638. The molecule has 1 fully saturated rings. The molecule has 122 valence electrons. The summed E-state index contributed by atoms with van der Waals surface area (Å²) >= 11 is 0. The molecule has 1 unspecified atom stereocenters. The molecule has 1 aromatic rings. The molecule has 0 heterocycles. The molecule has 2 aliphatic rings. The Morgan fingerprint density at radius 3 is 2.61 bits per heavy atom. The van der Waals surface area contributed by atoms with Gasteiger partial charge < -0.3 is 9.47 Å². The zero-order valence-corrected chi connectivity index (χ0v) is 14.1. The van der Waals surface area contributed by atoms with Gasteiger partial charge in [-0.25, -0.2) is 0 Å². The summed E-state index contributed by atoms with van der Waals surface area (Å²) in [6.07, 6.45) is 9.82. The summed E-state index contributed by atoms with van der Waals surface area (Å²) in [5.41, 5.74) is 2.00. The van der Waals surface area contributed by atoms with E-state index in [2.05, 4.69) is 19.1 Å². The first-order chi connectivity index (χ1) is 11.2. The number of allylic oxidation sites excluding steroid dienone is 2. The van der Waals surface area contributed by atoms with Crippen LogP contribution in [0.1, 0.15) is 57.4 Å². The molecule has 1 saturated carbocycles. The first-order valence-corrected chi connectivity index (χ1v) is 8.59. The molecule has 0 aromatic heterocycles. The van der Waals surface area contributed by atoms with Crippen LogP contribution < -0.4 is 9.47 Å². The van der Waals surface area contributed by atoms with E-state index in [0.29, 0.717) is 0 Å². The highest BCUT2D eigenvalue weighted by Crippen LogP contribution is 2.42. The highest BCUT2D eigenvalue weighted by molar-refractivity contribution is 5.48. The van der Waals surface area contributed by atoms with Crippen molar-refractivity contribution < 1.29 is 9.47 Å². The number of methoxy groups -OCH3 is 1. The van der Waals surface area contributed by atoms with Gasteiger partial charge in [-0.3, -0.25) is 0 Å². The topological polar surface area (TPSA) is 42.2 Å². The van der Waals surface area contributed by atoms with Gasteiger partial charge in [0.1, 0.15) is 0 Å². The Morgan fingerprint density at radius 1 is 1.22 bits per heavy atom. The average molecular weight is 311 g/mol. The third kappa shape index (κ3) is 3.22. The molecule has 0 bridgehead atoms. The molecule has 3 heteroatoms. The van der Waals surface area contributed by atoms with Crippen molar-refractivity contribution in [3.63, 3.8) is 0 Å². The molecule has 2 aliphatic carbocycles. The predicted molar refractivity (Wildman–Crippen MR) is 90.8 cm³/mol. The summed E-state index contributed by atoms with van der Waals surface area (Å²) < 4.78 is 11.7. The second-order valence-electron chi connectivity index (χ2n) is 6.84. The quantitative estimate of drug-likeness (QED) is 0.742. The number of nitrogens with zero attached hydrogens (tertiary/aromatic N) is 1. The lowest BCUT2D eigenvalue weighted by molar-refractivity contribution is 0.200. The van der Waals surface area contributed by atoms with Gasteiger partial charge in [0.25, 0.3) is 0 Å². The van der Waals surface area contributed by atoms with Crippen molar-refractivity contribution in [2.45, 2.75) is 63.4 Å². The first-order valence-electron chi connectivity index (χ1n) is 8.59. The number of hydrogen-bond donors (Lipinski definition) is 0. The molecule has 1 aromatic carbocycles. The molecule has 0 amide bonds. The second kappa shape index (κ2) is 6.66. The summed E-state index contributed by atoms with van der Waals surface area (Å²) in [6, 6.07) is 8.58. The minimum absolute atomic E-state index is 0.283. The highest BCUT2D eigenvalue weighted by Gasteiger charge is 2.34. The summed E-state index contributed by atoms with van der Waals surface area (Å²) in [5, 5.41) is 9.83. The molecule has 0 N–H and O–H groups in total. The molecule has 0 spiro atoms. The molecular weight excluding hydrogens is 286 g/mol. The van der Waals surface area contributed by atoms with Crippen molar-refractivity contribution in [1.82, 2.24) is 0 Å². The predicted octanol–water partition coefficient (Wildman–Crippen LogP) is 4.91. The van der Waals surface area contributed by atoms with Gasteiger partial charge in [0, 0.05) is 0 Å². The van der Waals surface area contributed by atoms with Crippen LogP contribution in [0.5, 0.6) is 11.5 Å². The first kappa shape index (κ1) is 15.9. The molecular formula is C20H25NO2. The summed E-state index contributed by atoms with van der Waals surface area (Å²) in [7, 11) is 1.67. The standard InChI is InChI=1S/C20H25NO2/c1-15-9-11-20(14-21,12-10-15)16-7-8-18(22-2)19(13-16)23-17-5-3-4-6-17/h7-9,13,17H,3-6,10-12H2,1-2H3. The number of hydrogen-bond acceptors (Lipinski definition) is 3. The number of rotatable bonds is 4. The van der Waals surface area contributed by atoms with Gasteiger partial charge in [-0.2, -0.15) is 5.26 Å². The van der Waals surface area contributed by atoms with E-state index < -0.39 is 5.41 Å². The van der Waals surface area contributed by atoms with E-state index in [1.807, 2.05) is 18.2 Å². The Labute approximate surface area is 138 Å². The molecule has 0 radical (unpaired) electrons. The van der Waals surface area contributed by atoms with E-state index in [9.17, 15) is 5.26 Å². The largest absolute Gasteiger partial charge is 0.493 e. The van der Waals surface area contributed by atoms with Gasteiger partial charge in [0.2, 0.25) is 0 Å². The lowest BCUT2D eigenvalue weighted by Crippen LogP contribution is -2.26. The second-order valence-corrected chi connectivity index (χ2v) is 6.84. The van der Waals surface area contributed by atoms with Crippen LogP contribution in [0.2, 0.25) is 0 Å². The molecule has 3 nitrogen and oxygen atoms in total. The maximum Gasteiger partial charge on any atom is 0.161 e. The SMILES string of the molecule is COc1ccc(C2(C#N)CC=C(C)CC2)cc1OC1CCCC1. The summed E-state index contributed by atoms with van der Waals surface area (Å²) in [6.45, 7) is 2.14. The van der Waals surface area contributed by atoms with Crippen LogP contribution >= 0.6 is 0 Å². The fraction of sp³-hybridized carbons (Fsp3) is 0.550. The number of benzene rings is 1. The zero-order chi connectivity index (χ0) is 16.3. The molecule has 0 saturated heterocycles. The summed E-state index contributed by atoms with van der Waals surface area (Å²) in [5.74, 6) is 1.55. The van der Waals surface area contributed by atoms with E-state index in [-0.39, 0.29) is 6.10 Å². The Hall–Kier alpha value is -1.95. The minimum atomic E-state index is -0.431. The van der Waals surface area contributed by atoms with Crippen LogP contribution in [0.4, 0.5) is 0 Å². The van der Waals surface area contributed by atoms with Crippen LogP contribution in [0.15, 0.2) is 29.8 Å². The maximum absolute atomic E-state index is 9.83. The van der Waals surface area contributed by atoms with Crippen LogP contribution in [0, 0.1) is 11.3 Å². The van der Waals surface area contributed by atoms with Crippen molar-refractivity contribution in [3.05, 3.63) is 35.4 Å².